The number of aromatic amines is 1. The summed E-state index contributed by atoms with van der Waals surface area (Å²) in [5.41, 5.74) is 3.20. The first-order valence-corrected chi connectivity index (χ1v) is 10.8. The van der Waals surface area contributed by atoms with Crippen LogP contribution in [0.2, 0.25) is 5.02 Å². The minimum atomic E-state index is -0.250. The molecule has 0 saturated carbocycles. The van der Waals surface area contributed by atoms with Crippen molar-refractivity contribution in [2.24, 2.45) is 0 Å². The van der Waals surface area contributed by atoms with Crippen molar-refractivity contribution in [1.29, 1.82) is 0 Å². The predicted molar refractivity (Wildman–Crippen MR) is 129 cm³/mol. The SMILES string of the molecule is CCOc1ccc(N(Cc2cc3ccc(C)cc3[nH]c2=O)C(=O)c2cccc(Cl)c2)cc1. The standard InChI is InChI=1S/C26H23ClN2O3/c1-3-32-23-11-9-22(10-12-23)29(26(31)19-5-4-6-21(27)15-19)16-20-14-18-8-7-17(2)13-24(18)28-25(20)30/h4-15H,3,16H2,1-2H3,(H,28,30). The molecule has 0 unspecified atom stereocenters. The maximum absolute atomic E-state index is 13.5. The summed E-state index contributed by atoms with van der Waals surface area (Å²) in [4.78, 5) is 30.8. The van der Waals surface area contributed by atoms with Gasteiger partial charge in [0, 0.05) is 27.4 Å². The van der Waals surface area contributed by atoms with Crippen LogP contribution in [0, 0.1) is 6.92 Å². The Morgan fingerprint density at radius 2 is 1.81 bits per heavy atom. The molecule has 0 atom stereocenters. The number of benzene rings is 3. The highest BCUT2D eigenvalue weighted by atomic mass is 35.5. The quantitative estimate of drug-likeness (QED) is 0.411. The molecule has 4 aromatic rings. The van der Waals surface area contributed by atoms with E-state index in [1.807, 2.05) is 62.4 Å². The number of fused-ring (bicyclic) bond motifs is 1. The monoisotopic (exact) mass is 446 g/mol. The number of nitrogens with one attached hydrogen (secondary N) is 1. The number of aromatic nitrogens is 1. The van der Waals surface area contributed by atoms with Gasteiger partial charge in [0.25, 0.3) is 11.5 Å². The van der Waals surface area contributed by atoms with Crippen LogP contribution in [-0.2, 0) is 6.54 Å². The predicted octanol–water partition coefficient (Wildman–Crippen LogP) is 5.74. The van der Waals surface area contributed by atoms with Gasteiger partial charge in [-0.3, -0.25) is 9.59 Å². The number of ether oxygens (including phenoxy) is 1. The highest BCUT2D eigenvalue weighted by Crippen LogP contribution is 2.24. The summed E-state index contributed by atoms with van der Waals surface area (Å²) in [6.07, 6.45) is 0. The van der Waals surface area contributed by atoms with E-state index in [1.54, 1.807) is 29.2 Å². The number of nitrogens with zero attached hydrogens (tertiary/aromatic N) is 1. The van der Waals surface area contributed by atoms with Crippen molar-refractivity contribution in [2.75, 3.05) is 11.5 Å². The van der Waals surface area contributed by atoms with Crippen LogP contribution in [0.5, 0.6) is 5.75 Å². The van der Waals surface area contributed by atoms with E-state index >= 15 is 0 Å². The van der Waals surface area contributed by atoms with E-state index in [4.69, 9.17) is 16.3 Å². The molecule has 1 amide bonds. The number of carbonyl (C=O) groups excluding carboxylic acids is 1. The van der Waals surface area contributed by atoms with Crippen LogP contribution in [0.1, 0.15) is 28.4 Å². The van der Waals surface area contributed by atoms with Crippen LogP contribution in [0.3, 0.4) is 0 Å². The van der Waals surface area contributed by atoms with Crippen molar-refractivity contribution >= 4 is 34.1 Å². The molecule has 162 valence electrons. The first kappa shape index (κ1) is 21.7. The summed E-state index contributed by atoms with van der Waals surface area (Å²) in [6.45, 7) is 4.55. The first-order valence-electron chi connectivity index (χ1n) is 10.4. The van der Waals surface area contributed by atoms with Gasteiger partial charge in [-0.05, 0) is 79.4 Å². The third kappa shape index (κ3) is 4.68. The number of halogens is 1. The summed E-state index contributed by atoms with van der Waals surface area (Å²) in [6, 6.07) is 21.7. The highest BCUT2D eigenvalue weighted by Gasteiger charge is 2.20. The molecule has 0 saturated heterocycles. The molecule has 0 fully saturated rings. The summed E-state index contributed by atoms with van der Waals surface area (Å²) in [7, 11) is 0. The number of carbonyl (C=O) groups is 1. The molecule has 1 N–H and O–H groups in total. The minimum Gasteiger partial charge on any atom is -0.494 e. The highest BCUT2D eigenvalue weighted by molar-refractivity contribution is 6.31. The maximum Gasteiger partial charge on any atom is 0.258 e. The fourth-order valence-electron chi connectivity index (χ4n) is 3.59. The van der Waals surface area contributed by atoms with Crippen molar-refractivity contribution in [3.63, 3.8) is 0 Å². The number of pyridine rings is 1. The molecule has 0 radical (unpaired) electrons. The number of amides is 1. The number of aryl methyl sites for hydroxylation is 1. The van der Waals surface area contributed by atoms with Crippen molar-refractivity contribution in [3.8, 4) is 5.75 Å². The Bertz CT molecular complexity index is 1330. The number of anilines is 1. The Morgan fingerprint density at radius 1 is 1.03 bits per heavy atom. The normalized spacial score (nSPS) is 10.8. The summed E-state index contributed by atoms with van der Waals surface area (Å²) in [5, 5.41) is 1.38. The average Bonchev–Trinajstić information content (AvgIpc) is 2.78. The zero-order valence-electron chi connectivity index (χ0n) is 17.9. The lowest BCUT2D eigenvalue weighted by Crippen LogP contribution is -2.32. The van der Waals surface area contributed by atoms with Gasteiger partial charge in [-0.1, -0.05) is 29.8 Å². The van der Waals surface area contributed by atoms with Crippen LogP contribution in [0.25, 0.3) is 10.9 Å². The smallest absolute Gasteiger partial charge is 0.258 e. The second kappa shape index (κ2) is 9.28. The molecule has 3 aromatic carbocycles. The third-order valence-electron chi connectivity index (χ3n) is 5.18. The van der Waals surface area contributed by atoms with Crippen molar-refractivity contribution in [3.05, 3.63) is 105 Å². The lowest BCUT2D eigenvalue weighted by Gasteiger charge is -2.23. The second-order valence-electron chi connectivity index (χ2n) is 7.54. The molecule has 5 nitrogen and oxygen atoms in total. The molecule has 1 heterocycles. The summed E-state index contributed by atoms with van der Waals surface area (Å²) >= 11 is 6.12. The van der Waals surface area contributed by atoms with Gasteiger partial charge in [0.1, 0.15) is 5.75 Å². The van der Waals surface area contributed by atoms with E-state index in [1.165, 1.54) is 0 Å². The molecular formula is C26H23ClN2O3. The van der Waals surface area contributed by atoms with Gasteiger partial charge in [0.2, 0.25) is 0 Å². The van der Waals surface area contributed by atoms with Crippen LogP contribution in [-0.4, -0.2) is 17.5 Å². The van der Waals surface area contributed by atoms with Gasteiger partial charge in [-0.15, -0.1) is 0 Å². The van der Waals surface area contributed by atoms with Gasteiger partial charge in [-0.25, -0.2) is 0 Å². The fourth-order valence-corrected chi connectivity index (χ4v) is 3.78. The second-order valence-corrected chi connectivity index (χ2v) is 7.98. The first-order chi connectivity index (χ1) is 15.4. The maximum atomic E-state index is 13.5. The largest absolute Gasteiger partial charge is 0.494 e. The molecule has 4 rings (SSSR count). The Morgan fingerprint density at radius 3 is 2.53 bits per heavy atom. The van der Waals surface area contributed by atoms with E-state index in [0.717, 1.165) is 16.5 Å². The van der Waals surface area contributed by atoms with Gasteiger partial charge < -0.3 is 14.6 Å². The lowest BCUT2D eigenvalue weighted by molar-refractivity contribution is 0.0985. The van der Waals surface area contributed by atoms with E-state index in [-0.39, 0.29) is 18.0 Å². The molecule has 0 aliphatic carbocycles. The van der Waals surface area contributed by atoms with Gasteiger partial charge in [0.05, 0.1) is 13.2 Å². The summed E-state index contributed by atoms with van der Waals surface area (Å²) < 4.78 is 5.52. The van der Waals surface area contributed by atoms with Crippen molar-refractivity contribution in [1.82, 2.24) is 4.98 Å². The number of H-pyrrole nitrogens is 1. The molecule has 0 aliphatic heterocycles. The molecule has 0 spiro atoms. The van der Waals surface area contributed by atoms with Crippen molar-refractivity contribution in [2.45, 2.75) is 20.4 Å². The van der Waals surface area contributed by atoms with Crippen LogP contribution >= 0.6 is 11.6 Å². The van der Waals surface area contributed by atoms with Crippen LogP contribution < -0.4 is 15.2 Å². The van der Waals surface area contributed by atoms with E-state index < -0.39 is 0 Å². The molecule has 6 heteroatoms. The summed E-state index contributed by atoms with van der Waals surface area (Å²) in [5.74, 6) is 0.463. The van der Waals surface area contributed by atoms with Gasteiger partial charge >= 0.3 is 0 Å². The molecular weight excluding hydrogens is 424 g/mol. The Hall–Kier alpha value is -3.57. The van der Waals surface area contributed by atoms with E-state index in [0.29, 0.717) is 34.2 Å². The molecule has 0 aliphatic rings. The zero-order valence-corrected chi connectivity index (χ0v) is 18.6. The Labute approximate surface area is 191 Å². The minimum absolute atomic E-state index is 0.110. The Kier molecular flexibility index (Phi) is 6.28. The van der Waals surface area contributed by atoms with Crippen molar-refractivity contribution < 1.29 is 9.53 Å². The van der Waals surface area contributed by atoms with Crippen LogP contribution in [0.15, 0.2) is 77.6 Å². The average molecular weight is 447 g/mol. The number of hydrogen-bond donors (Lipinski definition) is 1. The molecule has 0 bridgehead atoms. The topological polar surface area (TPSA) is 62.4 Å². The molecule has 1 aromatic heterocycles. The third-order valence-corrected chi connectivity index (χ3v) is 5.42. The lowest BCUT2D eigenvalue weighted by atomic mass is 10.1. The zero-order chi connectivity index (χ0) is 22.7. The van der Waals surface area contributed by atoms with Gasteiger partial charge in [0.15, 0.2) is 0 Å². The fraction of sp³-hybridized carbons (Fsp3) is 0.154. The van der Waals surface area contributed by atoms with Crippen LogP contribution in [0.4, 0.5) is 5.69 Å². The molecule has 32 heavy (non-hydrogen) atoms. The number of hydrogen-bond acceptors (Lipinski definition) is 3. The van der Waals surface area contributed by atoms with Gasteiger partial charge in [-0.2, -0.15) is 0 Å². The van der Waals surface area contributed by atoms with E-state index in [2.05, 4.69) is 4.98 Å². The Balaban J connectivity index is 1.76. The van der Waals surface area contributed by atoms with E-state index in [9.17, 15) is 9.59 Å². The number of rotatable bonds is 6.